The largest absolute Gasteiger partial charge is 0.462 e. The van der Waals surface area contributed by atoms with Crippen molar-refractivity contribution in [1.82, 2.24) is 0 Å². The molecule has 1 heterocycles. The summed E-state index contributed by atoms with van der Waals surface area (Å²) in [6, 6.07) is 0. The van der Waals surface area contributed by atoms with Crippen molar-refractivity contribution in [2.45, 2.75) is 173 Å². The molecule has 0 aromatic rings. The van der Waals surface area contributed by atoms with Gasteiger partial charge in [-0.3, -0.25) is 14.1 Å². The first kappa shape index (κ1) is 53.8. The molecule has 1 aliphatic heterocycles. The van der Waals surface area contributed by atoms with E-state index in [-0.39, 0.29) is 19.4 Å². The molecule has 0 amide bonds. The van der Waals surface area contributed by atoms with Crippen molar-refractivity contribution in [3.8, 4) is 0 Å². The number of unbranched alkanes of at least 4 members (excludes halogenated alkanes) is 8. The van der Waals surface area contributed by atoms with Crippen LogP contribution < -0.4 is 0 Å². The molecule has 4 N–H and O–H groups in total. The zero-order chi connectivity index (χ0) is 43.4. The summed E-state index contributed by atoms with van der Waals surface area (Å²) in [7, 11) is -4.61. The van der Waals surface area contributed by atoms with Gasteiger partial charge in [0, 0.05) is 12.8 Å². The van der Waals surface area contributed by atoms with Crippen molar-refractivity contribution in [3.63, 3.8) is 0 Å². The minimum Gasteiger partial charge on any atom is -0.462 e. The van der Waals surface area contributed by atoms with E-state index in [4.69, 9.17) is 18.9 Å². The van der Waals surface area contributed by atoms with Crippen molar-refractivity contribution >= 4 is 22.1 Å². The van der Waals surface area contributed by atoms with Gasteiger partial charge in [0.05, 0.1) is 6.61 Å². The summed E-state index contributed by atoms with van der Waals surface area (Å²) < 4.78 is 53.9. The lowest BCUT2D eigenvalue weighted by Gasteiger charge is -2.40. The Morgan fingerprint density at radius 3 is 1.64 bits per heavy atom. The van der Waals surface area contributed by atoms with E-state index in [0.29, 0.717) is 19.3 Å². The zero-order valence-electron chi connectivity index (χ0n) is 35.6. The minimum atomic E-state index is -4.61. The molecule has 0 aromatic heterocycles. The van der Waals surface area contributed by atoms with Crippen LogP contribution in [0.4, 0.5) is 0 Å². The third-order valence-corrected chi connectivity index (χ3v) is 9.96. The standard InChI is InChI=1S/C46H74O12S/c1-3-5-7-9-11-13-15-17-19-20-21-23-25-27-29-31-33-35-42(48)57-39(37-56-46-45(51)44(50)43(49)40(58-46)38-59(52,53)54)36-55-41(47)34-32-30-28-26-24-22-18-16-14-12-10-8-6-4-2/h5,7,10-13,16-19,21,23,27,29,39-40,43-46,49-51H,3-4,6,8-9,14-15,20,22,24-26,28,30-38H2,1-2H3,(H,52,53,54)/b7-5+,12-10+,13-11+,18-16+,19-17+,23-21+,29-27+/t39-,40-,43-,44?,45?,46+/m1/s1. The maximum absolute atomic E-state index is 12.8. The Morgan fingerprint density at radius 2 is 1.08 bits per heavy atom. The third-order valence-electron chi connectivity index (χ3n) is 9.21. The lowest BCUT2D eigenvalue weighted by molar-refractivity contribution is -0.297. The highest BCUT2D eigenvalue weighted by Crippen LogP contribution is 2.24. The predicted octanol–water partition coefficient (Wildman–Crippen LogP) is 8.50. The highest BCUT2D eigenvalue weighted by atomic mass is 32.2. The Morgan fingerprint density at radius 1 is 0.593 bits per heavy atom. The molecule has 0 radical (unpaired) electrons. The van der Waals surface area contributed by atoms with E-state index in [0.717, 1.165) is 77.0 Å². The summed E-state index contributed by atoms with van der Waals surface area (Å²) >= 11 is 0. The second-order valence-corrected chi connectivity index (χ2v) is 16.1. The van der Waals surface area contributed by atoms with Crippen LogP contribution in [0, 0.1) is 0 Å². The molecule has 1 fully saturated rings. The van der Waals surface area contributed by atoms with E-state index in [1.807, 2.05) is 12.2 Å². The van der Waals surface area contributed by atoms with Gasteiger partial charge < -0.3 is 34.3 Å². The molecule has 1 aliphatic rings. The Balaban J connectivity index is 2.54. The zero-order valence-corrected chi connectivity index (χ0v) is 36.4. The van der Waals surface area contributed by atoms with Gasteiger partial charge in [-0.1, -0.05) is 131 Å². The number of rotatable bonds is 34. The first-order chi connectivity index (χ1) is 28.5. The SMILES string of the molecule is CC/C=C/C/C=C/C/C=C/C/C=C/C/C=C/CCCC(=O)O[C@H](COC(=O)CCCCCCC/C=C/C/C=C/CCCC)CO[C@H]1O[C@H](CS(=O)(=O)O)[C@@H](O)C(O)C1O. The fraction of sp³-hybridized carbons (Fsp3) is 0.652. The van der Waals surface area contributed by atoms with Crippen LogP contribution in [-0.4, -0.2) is 96.0 Å². The van der Waals surface area contributed by atoms with Gasteiger partial charge in [0.1, 0.15) is 36.8 Å². The van der Waals surface area contributed by atoms with Gasteiger partial charge in [0.15, 0.2) is 12.4 Å². The van der Waals surface area contributed by atoms with Crippen LogP contribution in [0.25, 0.3) is 0 Å². The first-order valence-electron chi connectivity index (χ1n) is 21.6. The number of carbonyl (C=O) groups excluding carboxylic acids is 2. The second kappa shape index (κ2) is 35.6. The van der Waals surface area contributed by atoms with Gasteiger partial charge in [0.25, 0.3) is 10.1 Å². The van der Waals surface area contributed by atoms with E-state index >= 15 is 0 Å². The molecule has 1 saturated heterocycles. The number of esters is 2. The van der Waals surface area contributed by atoms with E-state index in [2.05, 4.69) is 86.8 Å². The highest BCUT2D eigenvalue weighted by molar-refractivity contribution is 7.85. The van der Waals surface area contributed by atoms with Gasteiger partial charge in [-0.2, -0.15) is 8.42 Å². The van der Waals surface area contributed by atoms with Crippen LogP contribution in [0.2, 0.25) is 0 Å². The normalized spacial score (nSPS) is 21.1. The molecule has 0 saturated carbocycles. The lowest BCUT2D eigenvalue weighted by Crippen LogP contribution is -2.60. The molecule has 0 bridgehead atoms. The van der Waals surface area contributed by atoms with Crippen molar-refractivity contribution in [2.75, 3.05) is 19.0 Å². The summed E-state index contributed by atoms with van der Waals surface area (Å²) in [6.45, 7) is 3.52. The third kappa shape index (κ3) is 30.5. The summed E-state index contributed by atoms with van der Waals surface area (Å²) in [5.41, 5.74) is 0. The highest BCUT2D eigenvalue weighted by Gasteiger charge is 2.46. The maximum Gasteiger partial charge on any atom is 0.306 e. The van der Waals surface area contributed by atoms with Crippen molar-refractivity contribution in [3.05, 3.63) is 85.1 Å². The Kier molecular flexibility index (Phi) is 32.5. The number of aliphatic hydroxyl groups is 3. The number of ether oxygens (including phenoxy) is 4. The molecule has 0 spiro atoms. The molecule has 2 unspecified atom stereocenters. The fourth-order valence-electron chi connectivity index (χ4n) is 5.84. The molecule has 59 heavy (non-hydrogen) atoms. The van der Waals surface area contributed by atoms with Crippen LogP contribution in [0.15, 0.2) is 85.1 Å². The number of hydrogen-bond acceptors (Lipinski definition) is 11. The topological polar surface area (TPSA) is 186 Å². The average molecular weight is 851 g/mol. The Labute approximate surface area is 354 Å². The Bertz CT molecular complexity index is 1410. The summed E-state index contributed by atoms with van der Waals surface area (Å²) in [6.07, 6.45) is 36.3. The molecule has 12 nitrogen and oxygen atoms in total. The lowest BCUT2D eigenvalue weighted by atomic mass is 10.00. The number of allylic oxidation sites excluding steroid dienone is 14. The van der Waals surface area contributed by atoms with Crippen molar-refractivity contribution in [2.24, 2.45) is 0 Å². The molecular formula is C46H74O12S. The van der Waals surface area contributed by atoms with E-state index in [9.17, 15) is 37.9 Å². The van der Waals surface area contributed by atoms with Gasteiger partial charge >= 0.3 is 11.9 Å². The number of aliphatic hydroxyl groups excluding tert-OH is 3. The minimum absolute atomic E-state index is 0.0779. The monoisotopic (exact) mass is 850 g/mol. The van der Waals surface area contributed by atoms with E-state index < -0.39 is 71.2 Å². The van der Waals surface area contributed by atoms with Crippen LogP contribution in [0.3, 0.4) is 0 Å². The van der Waals surface area contributed by atoms with Gasteiger partial charge in [0.2, 0.25) is 0 Å². The van der Waals surface area contributed by atoms with E-state index in [1.54, 1.807) is 0 Å². The second-order valence-electron chi connectivity index (χ2n) is 14.6. The van der Waals surface area contributed by atoms with Gasteiger partial charge in [-0.05, 0) is 77.0 Å². The van der Waals surface area contributed by atoms with Crippen molar-refractivity contribution < 1.29 is 56.8 Å². The molecule has 0 aromatic carbocycles. The van der Waals surface area contributed by atoms with Crippen LogP contribution in [0.1, 0.15) is 136 Å². The number of hydrogen-bond donors (Lipinski definition) is 4. The molecule has 336 valence electrons. The summed E-state index contributed by atoms with van der Waals surface area (Å²) in [5.74, 6) is -2.09. The number of carbonyl (C=O) groups is 2. The van der Waals surface area contributed by atoms with Gasteiger partial charge in [-0.25, -0.2) is 0 Å². The molecular weight excluding hydrogens is 777 g/mol. The first-order valence-corrected chi connectivity index (χ1v) is 23.3. The quantitative estimate of drug-likeness (QED) is 0.0210. The fourth-order valence-corrected chi connectivity index (χ4v) is 6.54. The van der Waals surface area contributed by atoms with Crippen LogP contribution in [-0.2, 0) is 38.7 Å². The average Bonchev–Trinajstić information content (AvgIpc) is 3.20. The maximum atomic E-state index is 12.8. The van der Waals surface area contributed by atoms with E-state index in [1.165, 1.54) is 12.8 Å². The summed E-state index contributed by atoms with van der Waals surface area (Å²) in [4.78, 5) is 25.3. The Hall–Kier alpha value is -3.17. The molecule has 6 atom stereocenters. The predicted molar refractivity (Wildman–Crippen MR) is 233 cm³/mol. The molecule has 0 aliphatic carbocycles. The smallest absolute Gasteiger partial charge is 0.306 e. The molecule has 1 rings (SSSR count). The van der Waals surface area contributed by atoms with Gasteiger partial charge in [-0.15, -0.1) is 0 Å². The summed E-state index contributed by atoms with van der Waals surface area (Å²) in [5, 5.41) is 30.8. The van der Waals surface area contributed by atoms with Crippen LogP contribution >= 0.6 is 0 Å². The molecule has 13 heteroatoms. The van der Waals surface area contributed by atoms with Crippen LogP contribution in [0.5, 0.6) is 0 Å². The van der Waals surface area contributed by atoms with Crippen molar-refractivity contribution in [1.29, 1.82) is 0 Å².